The van der Waals surface area contributed by atoms with Gasteiger partial charge in [-0.05, 0) is 17.7 Å². The van der Waals surface area contributed by atoms with Gasteiger partial charge in [0.2, 0.25) is 0 Å². The van der Waals surface area contributed by atoms with Crippen molar-refractivity contribution in [2.75, 3.05) is 0 Å². The zero-order valence-corrected chi connectivity index (χ0v) is 11.4. The molecule has 0 aliphatic carbocycles. The van der Waals surface area contributed by atoms with Crippen molar-refractivity contribution in [3.63, 3.8) is 0 Å². The van der Waals surface area contributed by atoms with Crippen LogP contribution in [0.5, 0.6) is 0 Å². The second kappa shape index (κ2) is 6.17. The second-order valence-electron chi connectivity index (χ2n) is 4.21. The number of hydrogen-bond donors (Lipinski definition) is 0. The molecule has 0 aromatic heterocycles. The fourth-order valence-corrected chi connectivity index (χ4v) is 2.65. The molecular weight excluding hydrogens is 303 g/mol. The maximum Gasteiger partial charge on any atom is 0.416 e. The maximum atomic E-state index is 12.6. The van der Waals surface area contributed by atoms with Crippen LogP contribution in [0.15, 0.2) is 53.4 Å². The van der Waals surface area contributed by atoms with Crippen molar-refractivity contribution in [2.24, 2.45) is 0 Å². The summed E-state index contributed by atoms with van der Waals surface area (Å²) in [5.74, 6) is 0.451. The topological polar surface area (TPSA) is 43.1 Å². The van der Waals surface area contributed by atoms with Gasteiger partial charge in [0.25, 0.3) is 5.69 Å². The van der Waals surface area contributed by atoms with Crippen LogP contribution in [0.25, 0.3) is 0 Å². The van der Waals surface area contributed by atoms with Crippen LogP contribution >= 0.6 is 11.8 Å². The predicted octanol–water partition coefficient (Wildman–Crippen LogP) is 4.91. The van der Waals surface area contributed by atoms with Crippen LogP contribution < -0.4 is 0 Å². The van der Waals surface area contributed by atoms with Crippen molar-refractivity contribution < 1.29 is 18.1 Å². The molecule has 0 saturated heterocycles. The number of benzene rings is 2. The highest BCUT2D eigenvalue weighted by atomic mass is 32.2. The number of alkyl halides is 3. The largest absolute Gasteiger partial charge is 0.416 e. The summed E-state index contributed by atoms with van der Waals surface area (Å²) in [5, 5.41) is 10.9. The van der Waals surface area contributed by atoms with Crippen molar-refractivity contribution in [2.45, 2.75) is 16.8 Å². The Balaban J connectivity index is 2.25. The molecule has 0 heterocycles. The molecule has 0 amide bonds. The molecule has 0 saturated carbocycles. The molecule has 2 aromatic carbocycles. The van der Waals surface area contributed by atoms with Gasteiger partial charge in [0.1, 0.15) is 0 Å². The Labute approximate surface area is 122 Å². The fraction of sp³-hybridized carbons (Fsp3) is 0.143. The first kappa shape index (κ1) is 15.4. The minimum absolute atomic E-state index is 0.219. The molecule has 3 nitrogen and oxygen atoms in total. The molecule has 0 aliphatic heterocycles. The monoisotopic (exact) mass is 313 g/mol. The summed E-state index contributed by atoms with van der Waals surface area (Å²) < 4.78 is 37.8. The SMILES string of the molecule is O=[N+]([O-])c1cc(C(F)(F)F)ccc1SCc1ccccc1. The Morgan fingerprint density at radius 1 is 1.10 bits per heavy atom. The van der Waals surface area contributed by atoms with Crippen molar-refractivity contribution in [1.82, 2.24) is 0 Å². The maximum absolute atomic E-state index is 12.6. The van der Waals surface area contributed by atoms with E-state index in [0.29, 0.717) is 11.8 Å². The number of hydrogen-bond acceptors (Lipinski definition) is 3. The first-order chi connectivity index (χ1) is 9.88. The summed E-state index contributed by atoms with van der Waals surface area (Å²) in [4.78, 5) is 10.4. The molecule has 0 unspecified atom stereocenters. The van der Waals surface area contributed by atoms with E-state index >= 15 is 0 Å². The highest BCUT2D eigenvalue weighted by Gasteiger charge is 2.33. The minimum atomic E-state index is -4.59. The van der Waals surface area contributed by atoms with Crippen LogP contribution in [0.2, 0.25) is 0 Å². The van der Waals surface area contributed by atoms with Gasteiger partial charge in [0.15, 0.2) is 0 Å². The summed E-state index contributed by atoms with van der Waals surface area (Å²) >= 11 is 1.14. The molecule has 0 spiro atoms. The number of nitro benzene ring substituents is 1. The third-order valence-corrected chi connectivity index (χ3v) is 3.85. The molecule has 0 N–H and O–H groups in total. The molecule has 0 fully saturated rings. The zero-order valence-electron chi connectivity index (χ0n) is 10.6. The number of rotatable bonds is 4. The molecule has 110 valence electrons. The Hall–Kier alpha value is -2.02. The van der Waals surface area contributed by atoms with E-state index in [1.54, 1.807) is 0 Å². The van der Waals surface area contributed by atoms with Gasteiger partial charge in [-0.3, -0.25) is 10.1 Å². The highest BCUT2D eigenvalue weighted by molar-refractivity contribution is 7.98. The third-order valence-electron chi connectivity index (χ3n) is 2.72. The molecule has 2 aromatic rings. The Morgan fingerprint density at radius 3 is 2.33 bits per heavy atom. The van der Waals surface area contributed by atoms with E-state index in [9.17, 15) is 23.3 Å². The van der Waals surface area contributed by atoms with Crippen molar-refractivity contribution in [3.8, 4) is 0 Å². The summed E-state index contributed by atoms with van der Waals surface area (Å²) in [6.07, 6.45) is -4.59. The van der Waals surface area contributed by atoms with Crippen LogP contribution in [-0.4, -0.2) is 4.92 Å². The molecule has 7 heteroatoms. The first-order valence-corrected chi connectivity index (χ1v) is 6.89. The molecule has 0 atom stereocenters. The van der Waals surface area contributed by atoms with Gasteiger partial charge >= 0.3 is 6.18 Å². The van der Waals surface area contributed by atoms with Crippen LogP contribution in [0, 0.1) is 10.1 Å². The molecular formula is C14H10F3NO2S. The van der Waals surface area contributed by atoms with Crippen LogP contribution in [-0.2, 0) is 11.9 Å². The minimum Gasteiger partial charge on any atom is -0.258 e. The fourth-order valence-electron chi connectivity index (χ4n) is 1.69. The van der Waals surface area contributed by atoms with Crippen LogP contribution in [0.1, 0.15) is 11.1 Å². The van der Waals surface area contributed by atoms with E-state index in [1.165, 1.54) is 0 Å². The second-order valence-corrected chi connectivity index (χ2v) is 5.23. The predicted molar refractivity (Wildman–Crippen MR) is 74.1 cm³/mol. The van der Waals surface area contributed by atoms with Gasteiger partial charge in [-0.2, -0.15) is 13.2 Å². The average molecular weight is 313 g/mol. The van der Waals surface area contributed by atoms with Gasteiger partial charge in [-0.25, -0.2) is 0 Å². The third kappa shape index (κ3) is 3.98. The first-order valence-electron chi connectivity index (χ1n) is 5.90. The van der Waals surface area contributed by atoms with Gasteiger partial charge in [-0.1, -0.05) is 30.3 Å². The Kier molecular flexibility index (Phi) is 4.52. The molecule has 2 rings (SSSR count). The highest BCUT2D eigenvalue weighted by Crippen LogP contribution is 2.37. The smallest absolute Gasteiger partial charge is 0.258 e. The van der Waals surface area contributed by atoms with E-state index in [4.69, 9.17) is 0 Å². The summed E-state index contributed by atoms with van der Waals surface area (Å²) in [6.45, 7) is 0. The van der Waals surface area contributed by atoms with Gasteiger partial charge in [0.05, 0.1) is 15.4 Å². The lowest BCUT2D eigenvalue weighted by atomic mass is 10.2. The lowest BCUT2D eigenvalue weighted by Gasteiger charge is -2.08. The van der Waals surface area contributed by atoms with Crippen LogP contribution in [0.3, 0.4) is 0 Å². The molecule has 0 aliphatic rings. The van der Waals surface area contributed by atoms with Gasteiger partial charge in [-0.15, -0.1) is 11.8 Å². The normalized spacial score (nSPS) is 11.4. The molecule has 21 heavy (non-hydrogen) atoms. The Morgan fingerprint density at radius 2 is 1.76 bits per heavy atom. The van der Waals surface area contributed by atoms with Crippen LogP contribution in [0.4, 0.5) is 18.9 Å². The van der Waals surface area contributed by atoms with Gasteiger partial charge in [0, 0.05) is 11.8 Å². The van der Waals surface area contributed by atoms with E-state index in [1.807, 2.05) is 30.3 Å². The average Bonchev–Trinajstić information content (AvgIpc) is 2.45. The lowest BCUT2D eigenvalue weighted by Crippen LogP contribution is -2.05. The quantitative estimate of drug-likeness (QED) is 0.458. The summed E-state index contributed by atoms with van der Waals surface area (Å²) in [6, 6.07) is 11.8. The van der Waals surface area contributed by atoms with E-state index < -0.39 is 22.4 Å². The van der Waals surface area contributed by atoms with E-state index in [0.717, 1.165) is 29.5 Å². The number of nitro groups is 1. The van der Waals surface area contributed by atoms with Gasteiger partial charge < -0.3 is 0 Å². The zero-order chi connectivity index (χ0) is 15.5. The molecule has 0 radical (unpaired) electrons. The Bertz CT molecular complexity index is 644. The van der Waals surface area contributed by atoms with Crippen molar-refractivity contribution in [3.05, 3.63) is 69.8 Å². The van der Waals surface area contributed by atoms with Crippen molar-refractivity contribution in [1.29, 1.82) is 0 Å². The van der Waals surface area contributed by atoms with E-state index in [2.05, 4.69) is 0 Å². The van der Waals surface area contributed by atoms with Crippen molar-refractivity contribution >= 4 is 17.4 Å². The van der Waals surface area contributed by atoms with E-state index in [-0.39, 0.29) is 4.90 Å². The molecule has 0 bridgehead atoms. The standard InChI is InChI=1S/C14H10F3NO2S/c15-14(16,17)11-6-7-13(12(8-11)18(19)20)21-9-10-4-2-1-3-5-10/h1-8H,9H2. The summed E-state index contributed by atoms with van der Waals surface area (Å²) in [7, 11) is 0. The number of nitrogens with zero attached hydrogens (tertiary/aromatic N) is 1. The summed E-state index contributed by atoms with van der Waals surface area (Å²) in [5.41, 5.74) is -0.597. The lowest BCUT2D eigenvalue weighted by molar-refractivity contribution is -0.388. The number of thioether (sulfide) groups is 1. The number of halogens is 3.